The molecule has 0 aliphatic rings. The zero-order valence-corrected chi connectivity index (χ0v) is 16.3. The van der Waals surface area contributed by atoms with Crippen LogP contribution in [0.3, 0.4) is 0 Å². The lowest BCUT2D eigenvalue weighted by Crippen LogP contribution is -2.31. The lowest BCUT2D eigenvalue weighted by atomic mass is 10.1. The van der Waals surface area contributed by atoms with Gasteiger partial charge in [0, 0.05) is 13.1 Å². The van der Waals surface area contributed by atoms with E-state index >= 15 is 0 Å². The van der Waals surface area contributed by atoms with Gasteiger partial charge in [0.05, 0.1) is 18.6 Å². The predicted molar refractivity (Wildman–Crippen MR) is 109 cm³/mol. The van der Waals surface area contributed by atoms with E-state index in [-0.39, 0.29) is 18.9 Å². The second-order valence-electron chi connectivity index (χ2n) is 6.84. The van der Waals surface area contributed by atoms with Gasteiger partial charge >= 0.3 is 6.18 Å². The van der Waals surface area contributed by atoms with Gasteiger partial charge in [-0.25, -0.2) is 0 Å². The molecule has 3 aromatic carbocycles. The van der Waals surface area contributed by atoms with Gasteiger partial charge in [-0.3, -0.25) is 4.79 Å². The summed E-state index contributed by atoms with van der Waals surface area (Å²) in [5.74, 6) is 0.211. The van der Waals surface area contributed by atoms with E-state index in [4.69, 9.17) is 4.74 Å². The largest absolute Gasteiger partial charge is 0.493 e. The topological polar surface area (TPSA) is 29.5 Å². The van der Waals surface area contributed by atoms with Crippen LogP contribution in [0.5, 0.6) is 5.75 Å². The number of hydrogen-bond donors (Lipinski definition) is 0. The molecule has 0 saturated carbocycles. The molecule has 0 unspecified atom stereocenters. The first kappa shape index (κ1) is 21.4. The van der Waals surface area contributed by atoms with Crippen LogP contribution in [-0.2, 0) is 24.1 Å². The Morgan fingerprint density at radius 1 is 0.767 bits per heavy atom. The van der Waals surface area contributed by atoms with Crippen molar-refractivity contribution in [3.63, 3.8) is 0 Å². The highest BCUT2D eigenvalue weighted by atomic mass is 19.4. The average Bonchev–Trinajstić information content (AvgIpc) is 2.74. The Morgan fingerprint density at radius 2 is 1.27 bits per heavy atom. The molecular weight excluding hydrogens is 391 g/mol. The summed E-state index contributed by atoms with van der Waals surface area (Å²) in [4.78, 5) is 14.6. The zero-order chi connectivity index (χ0) is 21.4. The van der Waals surface area contributed by atoms with Crippen LogP contribution in [0, 0.1) is 0 Å². The summed E-state index contributed by atoms with van der Waals surface area (Å²) >= 11 is 0. The van der Waals surface area contributed by atoms with Crippen molar-refractivity contribution in [3.8, 4) is 5.75 Å². The SMILES string of the molecule is O=C(CCOc1ccc(C(F)(F)F)cc1)N(Cc1ccccc1)Cc1ccccc1. The molecule has 0 radical (unpaired) electrons. The van der Waals surface area contributed by atoms with Crippen LogP contribution in [0.25, 0.3) is 0 Å². The molecule has 0 fully saturated rings. The Kier molecular flexibility index (Phi) is 7.12. The third kappa shape index (κ3) is 6.37. The quantitative estimate of drug-likeness (QED) is 0.474. The molecule has 6 heteroatoms. The number of rotatable bonds is 8. The summed E-state index contributed by atoms with van der Waals surface area (Å²) in [5.41, 5.74) is 1.30. The van der Waals surface area contributed by atoms with Crippen LogP contribution in [0.1, 0.15) is 23.1 Å². The van der Waals surface area contributed by atoms with Gasteiger partial charge in [-0.1, -0.05) is 60.7 Å². The molecule has 1 amide bonds. The molecule has 0 heterocycles. The number of hydrogen-bond acceptors (Lipinski definition) is 2. The van der Waals surface area contributed by atoms with Gasteiger partial charge in [0.2, 0.25) is 5.91 Å². The number of nitrogens with zero attached hydrogens (tertiary/aromatic N) is 1. The van der Waals surface area contributed by atoms with Gasteiger partial charge in [0.1, 0.15) is 5.75 Å². The minimum atomic E-state index is -4.39. The first-order valence-corrected chi connectivity index (χ1v) is 9.57. The Bertz CT molecular complexity index is 885. The van der Waals surface area contributed by atoms with Crippen LogP contribution >= 0.6 is 0 Å². The zero-order valence-electron chi connectivity index (χ0n) is 16.3. The first-order valence-electron chi connectivity index (χ1n) is 9.57. The predicted octanol–water partition coefficient (Wildman–Crippen LogP) is 5.70. The molecule has 0 bridgehead atoms. The van der Waals surface area contributed by atoms with E-state index in [2.05, 4.69) is 0 Å². The normalized spacial score (nSPS) is 11.2. The molecule has 0 aromatic heterocycles. The van der Waals surface area contributed by atoms with Crippen LogP contribution < -0.4 is 4.74 Å². The minimum Gasteiger partial charge on any atom is -0.493 e. The number of alkyl halides is 3. The van der Waals surface area contributed by atoms with Crippen LogP contribution in [0.2, 0.25) is 0 Å². The second kappa shape index (κ2) is 9.96. The van der Waals surface area contributed by atoms with Crippen molar-refractivity contribution >= 4 is 5.91 Å². The maximum atomic E-state index is 12.8. The molecule has 3 aromatic rings. The van der Waals surface area contributed by atoms with Gasteiger partial charge < -0.3 is 9.64 Å². The summed E-state index contributed by atoms with van der Waals surface area (Å²) < 4.78 is 43.4. The molecule has 156 valence electrons. The molecule has 3 rings (SSSR count). The van der Waals surface area contributed by atoms with Crippen molar-refractivity contribution in [2.45, 2.75) is 25.7 Å². The van der Waals surface area contributed by atoms with E-state index in [9.17, 15) is 18.0 Å². The van der Waals surface area contributed by atoms with Crippen molar-refractivity contribution in [3.05, 3.63) is 102 Å². The number of carbonyl (C=O) groups is 1. The fourth-order valence-electron chi connectivity index (χ4n) is 2.99. The number of carbonyl (C=O) groups excluding carboxylic acids is 1. The van der Waals surface area contributed by atoms with E-state index in [1.54, 1.807) is 4.90 Å². The molecule has 0 aliphatic carbocycles. The van der Waals surface area contributed by atoms with Crippen LogP contribution in [-0.4, -0.2) is 17.4 Å². The number of ether oxygens (including phenoxy) is 1. The van der Waals surface area contributed by atoms with E-state index in [1.807, 2.05) is 60.7 Å². The Labute approximate surface area is 173 Å². The highest BCUT2D eigenvalue weighted by molar-refractivity contribution is 5.76. The van der Waals surface area contributed by atoms with E-state index in [1.165, 1.54) is 12.1 Å². The monoisotopic (exact) mass is 413 g/mol. The van der Waals surface area contributed by atoms with Crippen LogP contribution in [0.4, 0.5) is 13.2 Å². The van der Waals surface area contributed by atoms with Crippen molar-refractivity contribution < 1.29 is 22.7 Å². The highest BCUT2D eigenvalue weighted by Gasteiger charge is 2.30. The minimum absolute atomic E-state index is 0.0876. The fraction of sp³-hybridized carbons (Fsp3) is 0.208. The molecule has 0 saturated heterocycles. The van der Waals surface area contributed by atoms with Crippen molar-refractivity contribution in [2.75, 3.05) is 6.61 Å². The fourth-order valence-corrected chi connectivity index (χ4v) is 2.99. The van der Waals surface area contributed by atoms with Crippen LogP contribution in [0.15, 0.2) is 84.9 Å². The molecule has 0 aliphatic heterocycles. The Morgan fingerprint density at radius 3 is 1.73 bits per heavy atom. The summed E-state index contributed by atoms with van der Waals surface area (Å²) in [5, 5.41) is 0. The highest BCUT2D eigenvalue weighted by Crippen LogP contribution is 2.30. The van der Waals surface area contributed by atoms with Gasteiger partial charge in [-0.2, -0.15) is 13.2 Å². The molecule has 3 nitrogen and oxygen atoms in total. The van der Waals surface area contributed by atoms with Gasteiger partial charge in [-0.15, -0.1) is 0 Å². The maximum absolute atomic E-state index is 12.8. The van der Waals surface area contributed by atoms with Gasteiger partial charge in [0.25, 0.3) is 0 Å². The van der Waals surface area contributed by atoms with Crippen molar-refractivity contribution in [2.24, 2.45) is 0 Å². The van der Waals surface area contributed by atoms with E-state index in [0.29, 0.717) is 18.8 Å². The lowest BCUT2D eigenvalue weighted by Gasteiger charge is -2.23. The van der Waals surface area contributed by atoms with E-state index < -0.39 is 11.7 Å². The smallest absolute Gasteiger partial charge is 0.416 e. The summed E-state index contributed by atoms with van der Waals surface area (Å²) in [6, 6.07) is 23.9. The summed E-state index contributed by atoms with van der Waals surface area (Å²) in [6.45, 7) is 1.02. The van der Waals surface area contributed by atoms with Gasteiger partial charge in [-0.05, 0) is 35.4 Å². The van der Waals surface area contributed by atoms with Gasteiger partial charge in [0.15, 0.2) is 0 Å². The van der Waals surface area contributed by atoms with Crippen molar-refractivity contribution in [1.82, 2.24) is 4.90 Å². The van der Waals surface area contributed by atoms with Crippen molar-refractivity contribution in [1.29, 1.82) is 0 Å². The Balaban J connectivity index is 1.59. The Hall–Kier alpha value is -3.28. The maximum Gasteiger partial charge on any atom is 0.416 e. The number of benzene rings is 3. The summed E-state index contributed by atoms with van der Waals surface area (Å²) in [6.07, 6.45) is -4.26. The number of amides is 1. The lowest BCUT2D eigenvalue weighted by molar-refractivity contribution is -0.137. The first-order chi connectivity index (χ1) is 14.4. The third-order valence-corrected chi connectivity index (χ3v) is 4.55. The average molecular weight is 413 g/mol. The standard InChI is InChI=1S/C24H22F3NO2/c25-24(26,27)21-11-13-22(14-12-21)30-16-15-23(29)28(17-19-7-3-1-4-8-19)18-20-9-5-2-6-10-20/h1-14H,15-18H2. The summed E-state index contributed by atoms with van der Waals surface area (Å²) in [7, 11) is 0. The second-order valence-corrected chi connectivity index (χ2v) is 6.84. The number of halogens is 3. The molecule has 0 spiro atoms. The third-order valence-electron chi connectivity index (χ3n) is 4.55. The van der Waals surface area contributed by atoms with E-state index in [0.717, 1.165) is 23.3 Å². The molecule has 0 atom stereocenters. The molecule has 0 N–H and O–H groups in total. The molecule has 30 heavy (non-hydrogen) atoms. The molecular formula is C24H22F3NO2.